The smallest absolute Gasteiger partial charge is 0.0725 e. The summed E-state index contributed by atoms with van der Waals surface area (Å²) in [5.74, 6) is 0.716. The SMILES string of the molecule is CCCC(C)C1CNCCO1. The first-order valence-corrected chi connectivity index (χ1v) is 4.67. The molecule has 66 valence electrons. The van der Waals surface area contributed by atoms with Crippen LogP contribution in [0.3, 0.4) is 0 Å². The molecule has 1 rings (SSSR count). The molecule has 11 heavy (non-hydrogen) atoms. The Hall–Kier alpha value is -0.0800. The third kappa shape index (κ3) is 2.80. The van der Waals surface area contributed by atoms with Crippen molar-refractivity contribution in [2.45, 2.75) is 32.8 Å². The predicted octanol–water partition coefficient (Wildman–Crippen LogP) is 1.41. The molecule has 1 aliphatic rings. The van der Waals surface area contributed by atoms with Crippen LogP contribution in [0.15, 0.2) is 0 Å². The zero-order chi connectivity index (χ0) is 8.10. The summed E-state index contributed by atoms with van der Waals surface area (Å²) in [6.45, 7) is 7.46. The number of hydrogen-bond donors (Lipinski definition) is 1. The van der Waals surface area contributed by atoms with Gasteiger partial charge in [-0.05, 0) is 12.3 Å². The van der Waals surface area contributed by atoms with Gasteiger partial charge in [-0.15, -0.1) is 0 Å². The predicted molar refractivity (Wildman–Crippen MR) is 46.7 cm³/mol. The van der Waals surface area contributed by atoms with Crippen molar-refractivity contribution in [3.63, 3.8) is 0 Å². The van der Waals surface area contributed by atoms with Crippen LogP contribution in [0.2, 0.25) is 0 Å². The van der Waals surface area contributed by atoms with Crippen LogP contribution in [0, 0.1) is 5.92 Å². The molecule has 0 saturated carbocycles. The number of nitrogens with one attached hydrogen (secondary N) is 1. The summed E-state index contributed by atoms with van der Waals surface area (Å²) in [7, 11) is 0. The first-order chi connectivity index (χ1) is 5.34. The van der Waals surface area contributed by atoms with Crippen molar-refractivity contribution in [3.8, 4) is 0 Å². The zero-order valence-electron chi connectivity index (χ0n) is 7.60. The first kappa shape index (κ1) is 9.01. The van der Waals surface area contributed by atoms with Crippen molar-refractivity contribution in [2.75, 3.05) is 19.7 Å². The third-order valence-corrected chi connectivity index (χ3v) is 2.33. The molecular formula is C9H19NO. The Kier molecular flexibility index (Phi) is 3.87. The van der Waals surface area contributed by atoms with E-state index in [9.17, 15) is 0 Å². The van der Waals surface area contributed by atoms with Crippen molar-refractivity contribution in [3.05, 3.63) is 0 Å². The van der Waals surface area contributed by atoms with Crippen LogP contribution in [-0.4, -0.2) is 25.8 Å². The number of morpholine rings is 1. The first-order valence-electron chi connectivity index (χ1n) is 4.67. The van der Waals surface area contributed by atoms with Gasteiger partial charge in [-0.25, -0.2) is 0 Å². The molecule has 2 unspecified atom stereocenters. The van der Waals surface area contributed by atoms with Crippen molar-refractivity contribution in [1.29, 1.82) is 0 Å². The standard InChI is InChI=1S/C9H19NO/c1-3-4-8(2)9-7-10-5-6-11-9/h8-10H,3-7H2,1-2H3. The van der Waals surface area contributed by atoms with Gasteiger partial charge in [-0.1, -0.05) is 20.3 Å². The Morgan fingerprint density at radius 3 is 3.00 bits per heavy atom. The molecular weight excluding hydrogens is 138 g/mol. The highest BCUT2D eigenvalue weighted by atomic mass is 16.5. The molecule has 1 N–H and O–H groups in total. The normalized spacial score (nSPS) is 28.4. The van der Waals surface area contributed by atoms with E-state index in [-0.39, 0.29) is 0 Å². The topological polar surface area (TPSA) is 21.3 Å². The molecule has 1 fully saturated rings. The van der Waals surface area contributed by atoms with E-state index in [1.165, 1.54) is 12.8 Å². The van der Waals surface area contributed by atoms with E-state index in [0.29, 0.717) is 12.0 Å². The molecule has 1 heterocycles. The second-order valence-corrected chi connectivity index (χ2v) is 3.38. The summed E-state index contributed by atoms with van der Waals surface area (Å²) < 4.78 is 5.63. The molecule has 0 radical (unpaired) electrons. The van der Waals surface area contributed by atoms with E-state index in [4.69, 9.17) is 4.74 Å². The average molecular weight is 157 g/mol. The molecule has 0 bridgehead atoms. The van der Waals surface area contributed by atoms with Crippen molar-refractivity contribution in [2.24, 2.45) is 5.92 Å². The summed E-state index contributed by atoms with van der Waals surface area (Å²) in [4.78, 5) is 0. The van der Waals surface area contributed by atoms with Gasteiger partial charge in [-0.2, -0.15) is 0 Å². The minimum absolute atomic E-state index is 0.462. The monoisotopic (exact) mass is 157 g/mol. The minimum atomic E-state index is 0.462. The van der Waals surface area contributed by atoms with Gasteiger partial charge < -0.3 is 10.1 Å². The van der Waals surface area contributed by atoms with Crippen molar-refractivity contribution in [1.82, 2.24) is 5.32 Å². The maximum Gasteiger partial charge on any atom is 0.0725 e. The van der Waals surface area contributed by atoms with E-state index in [1.807, 2.05) is 0 Å². The van der Waals surface area contributed by atoms with Crippen LogP contribution in [-0.2, 0) is 4.74 Å². The fraction of sp³-hybridized carbons (Fsp3) is 1.00. The summed E-state index contributed by atoms with van der Waals surface area (Å²) in [6.07, 6.45) is 3.01. The van der Waals surface area contributed by atoms with Gasteiger partial charge >= 0.3 is 0 Å². The van der Waals surface area contributed by atoms with Gasteiger partial charge in [-0.3, -0.25) is 0 Å². The third-order valence-electron chi connectivity index (χ3n) is 2.33. The van der Waals surface area contributed by atoms with E-state index in [2.05, 4.69) is 19.2 Å². The molecule has 2 nitrogen and oxygen atoms in total. The molecule has 0 aromatic carbocycles. The van der Waals surface area contributed by atoms with Gasteiger partial charge in [0.2, 0.25) is 0 Å². The van der Waals surface area contributed by atoms with Crippen LogP contribution in [0.5, 0.6) is 0 Å². The molecule has 0 amide bonds. The van der Waals surface area contributed by atoms with Crippen molar-refractivity contribution >= 4 is 0 Å². The lowest BCUT2D eigenvalue weighted by Gasteiger charge is -2.28. The highest BCUT2D eigenvalue weighted by molar-refractivity contribution is 4.72. The summed E-state index contributed by atoms with van der Waals surface area (Å²) in [6, 6.07) is 0. The van der Waals surface area contributed by atoms with E-state index < -0.39 is 0 Å². The van der Waals surface area contributed by atoms with Gasteiger partial charge in [0.15, 0.2) is 0 Å². The maximum absolute atomic E-state index is 5.63. The number of hydrogen-bond acceptors (Lipinski definition) is 2. The number of rotatable bonds is 3. The highest BCUT2D eigenvalue weighted by Crippen LogP contribution is 2.14. The molecule has 0 spiro atoms. The lowest BCUT2D eigenvalue weighted by molar-refractivity contribution is -0.00648. The van der Waals surface area contributed by atoms with Gasteiger partial charge in [0.25, 0.3) is 0 Å². The minimum Gasteiger partial charge on any atom is -0.375 e. The summed E-state index contributed by atoms with van der Waals surface area (Å²) in [5, 5.41) is 3.35. The molecule has 0 aromatic rings. The second kappa shape index (κ2) is 4.73. The van der Waals surface area contributed by atoms with Crippen LogP contribution < -0.4 is 5.32 Å². The lowest BCUT2D eigenvalue weighted by atomic mass is 9.99. The fourth-order valence-corrected chi connectivity index (χ4v) is 1.59. The van der Waals surface area contributed by atoms with Gasteiger partial charge in [0.1, 0.15) is 0 Å². The summed E-state index contributed by atoms with van der Waals surface area (Å²) >= 11 is 0. The Labute approximate surface area is 69.3 Å². The maximum atomic E-state index is 5.63. The number of ether oxygens (including phenoxy) is 1. The molecule has 1 aliphatic heterocycles. The molecule has 2 heteroatoms. The van der Waals surface area contributed by atoms with Crippen LogP contribution in [0.4, 0.5) is 0 Å². The van der Waals surface area contributed by atoms with Crippen molar-refractivity contribution < 1.29 is 4.74 Å². The molecule has 0 aromatic heterocycles. The molecule has 1 saturated heterocycles. The fourth-order valence-electron chi connectivity index (χ4n) is 1.59. The van der Waals surface area contributed by atoms with E-state index in [1.54, 1.807) is 0 Å². The Bertz CT molecular complexity index is 99.7. The second-order valence-electron chi connectivity index (χ2n) is 3.38. The van der Waals surface area contributed by atoms with E-state index >= 15 is 0 Å². The van der Waals surface area contributed by atoms with Crippen LogP contribution >= 0.6 is 0 Å². The molecule has 0 aliphatic carbocycles. The zero-order valence-corrected chi connectivity index (χ0v) is 7.60. The highest BCUT2D eigenvalue weighted by Gasteiger charge is 2.19. The molecule has 2 atom stereocenters. The van der Waals surface area contributed by atoms with Crippen LogP contribution in [0.25, 0.3) is 0 Å². The Balaban J connectivity index is 2.21. The summed E-state index contributed by atoms with van der Waals surface area (Å²) in [5.41, 5.74) is 0. The van der Waals surface area contributed by atoms with Gasteiger partial charge in [0.05, 0.1) is 12.7 Å². The lowest BCUT2D eigenvalue weighted by Crippen LogP contribution is -2.41. The quantitative estimate of drug-likeness (QED) is 0.669. The van der Waals surface area contributed by atoms with Crippen LogP contribution in [0.1, 0.15) is 26.7 Å². The Morgan fingerprint density at radius 2 is 2.45 bits per heavy atom. The largest absolute Gasteiger partial charge is 0.375 e. The van der Waals surface area contributed by atoms with Gasteiger partial charge in [0, 0.05) is 13.1 Å². The Morgan fingerprint density at radius 1 is 1.64 bits per heavy atom. The average Bonchev–Trinajstić information content (AvgIpc) is 2.07. The van der Waals surface area contributed by atoms with E-state index in [0.717, 1.165) is 19.7 Å².